The first-order chi connectivity index (χ1) is 17.1. The molecule has 0 atom stereocenters. The van der Waals surface area contributed by atoms with Crippen LogP contribution in [-0.4, -0.2) is 48.9 Å². The predicted octanol–water partition coefficient (Wildman–Crippen LogP) is 3.47. The van der Waals surface area contributed by atoms with Gasteiger partial charge in [-0.15, -0.1) is 10.2 Å². The van der Waals surface area contributed by atoms with E-state index >= 15 is 0 Å². The number of imidazole rings is 1. The minimum Gasteiger partial charge on any atom is -0.438 e. The number of carbonyl (C=O) groups excluding carboxylic acids is 3. The van der Waals surface area contributed by atoms with Gasteiger partial charge in [0, 0.05) is 37.1 Å². The third kappa shape index (κ3) is 4.76. The molecule has 0 radical (unpaired) electrons. The van der Waals surface area contributed by atoms with Crippen LogP contribution in [0.3, 0.4) is 0 Å². The van der Waals surface area contributed by atoms with Crippen molar-refractivity contribution in [2.45, 2.75) is 12.8 Å². The van der Waals surface area contributed by atoms with Gasteiger partial charge in [-0.3, -0.25) is 23.9 Å². The molecule has 10 nitrogen and oxygen atoms in total. The molecule has 5 rings (SSSR count). The number of imide groups is 1. The van der Waals surface area contributed by atoms with Gasteiger partial charge in [0.05, 0.1) is 11.1 Å². The van der Waals surface area contributed by atoms with Crippen molar-refractivity contribution < 1.29 is 19.1 Å². The molecule has 0 saturated carbocycles. The molecule has 1 aliphatic heterocycles. The maximum absolute atomic E-state index is 12.4. The van der Waals surface area contributed by atoms with Gasteiger partial charge in [0.15, 0.2) is 5.82 Å². The van der Waals surface area contributed by atoms with Crippen LogP contribution in [0.25, 0.3) is 5.82 Å². The van der Waals surface area contributed by atoms with Gasteiger partial charge in [-0.05, 0) is 48.9 Å². The first kappa shape index (κ1) is 22.0. The third-order valence-electron chi connectivity index (χ3n) is 5.42. The Labute approximate surface area is 200 Å². The minimum atomic E-state index is -0.317. The number of nitrogens with one attached hydrogen (secondary N) is 1. The average molecular weight is 468 g/mol. The van der Waals surface area contributed by atoms with Gasteiger partial charge in [0.1, 0.15) is 12.1 Å². The van der Waals surface area contributed by atoms with E-state index in [-0.39, 0.29) is 30.7 Å². The molecule has 10 heteroatoms. The van der Waals surface area contributed by atoms with Crippen LogP contribution in [0.4, 0.5) is 5.69 Å². The van der Waals surface area contributed by atoms with Crippen LogP contribution < -0.4 is 10.1 Å². The van der Waals surface area contributed by atoms with Crippen LogP contribution in [0, 0.1) is 0 Å². The molecule has 0 spiro atoms. The molecule has 1 N–H and O–H groups in total. The van der Waals surface area contributed by atoms with Gasteiger partial charge in [-0.2, -0.15) is 0 Å². The Morgan fingerprint density at radius 2 is 1.66 bits per heavy atom. The first-order valence-corrected chi connectivity index (χ1v) is 10.9. The van der Waals surface area contributed by atoms with Gasteiger partial charge >= 0.3 is 0 Å². The molecular formula is C25H20N6O4. The monoisotopic (exact) mass is 468 g/mol. The van der Waals surface area contributed by atoms with Crippen LogP contribution in [0.1, 0.15) is 33.6 Å². The zero-order chi connectivity index (χ0) is 24.2. The van der Waals surface area contributed by atoms with E-state index in [0.29, 0.717) is 40.7 Å². The summed E-state index contributed by atoms with van der Waals surface area (Å²) in [5.41, 5.74) is 1.42. The normalized spacial score (nSPS) is 12.5. The molecule has 3 heterocycles. The second kappa shape index (κ2) is 9.56. The molecule has 0 aliphatic carbocycles. The molecule has 1 aliphatic rings. The number of aromatic nitrogens is 4. The number of ether oxygens (including phenoxy) is 1. The molecule has 0 bridgehead atoms. The van der Waals surface area contributed by atoms with Gasteiger partial charge in [0.25, 0.3) is 11.8 Å². The maximum atomic E-state index is 12.4. The summed E-state index contributed by atoms with van der Waals surface area (Å²) in [6, 6.07) is 17.0. The third-order valence-corrected chi connectivity index (χ3v) is 5.42. The molecule has 174 valence electrons. The fourth-order valence-electron chi connectivity index (χ4n) is 3.69. The summed E-state index contributed by atoms with van der Waals surface area (Å²) >= 11 is 0. The molecule has 2 aromatic heterocycles. The molecule has 2 aromatic carbocycles. The number of hydrogen-bond acceptors (Lipinski definition) is 7. The Morgan fingerprint density at radius 1 is 0.914 bits per heavy atom. The maximum Gasteiger partial charge on any atom is 0.261 e. The number of carbonyl (C=O) groups is 3. The van der Waals surface area contributed by atoms with Crippen molar-refractivity contribution >= 4 is 23.4 Å². The molecule has 4 aromatic rings. The number of rotatable bonds is 8. The van der Waals surface area contributed by atoms with Crippen molar-refractivity contribution in [3.63, 3.8) is 0 Å². The van der Waals surface area contributed by atoms with Crippen molar-refractivity contribution in [3.8, 4) is 17.4 Å². The number of anilines is 1. The summed E-state index contributed by atoms with van der Waals surface area (Å²) in [4.78, 5) is 42.3. The molecule has 3 amide bonds. The summed E-state index contributed by atoms with van der Waals surface area (Å²) in [6.45, 7) is 0.188. The molecule has 0 unspecified atom stereocenters. The second-order valence-electron chi connectivity index (χ2n) is 7.79. The second-order valence-corrected chi connectivity index (χ2v) is 7.79. The SMILES string of the molecule is O=C(CCCN1C(=O)c2ccccc2C1=O)Nc1ccc(Oc2ccc(-n3ccnc3)nn2)cc1. The smallest absolute Gasteiger partial charge is 0.261 e. The Morgan fingerprint density at radius 3 is 2.29 bits per heavy atom. The van der Waals surface area contributed by atoms with E-state index in [0.717, 1.165) is 0 Å². The van der Waals surface area contributed by atoms with Crippen molar-refractivity contribution in [2.24, 2.45) is 0 Å². The van der Waals surface area contributed by atoms with Crippen molar-refractivity contribution in [3.05, 3.63) is 90.5 Å². The highest BCUT2D eigenvalue weighted by molar-refractivity contribution is 6.21. The van der Waals surface area contributed by atoms with E-state index in [1.54, 1.807) is 84.0 Å². The number of fused-ring (bicyclic) bond motifs is 1. The van der Waals surface area contributed by atoms with Crippen molar-refractivity contribution in [1.82, 2.24) is 24.6 Å². The van der Waals surface area contributed by atoms with Gasteiger partial charge in [0.2, 0.25) is 11.8 Å². The molecular weight excluding hydrogens is 448 g/mol. The number of benzene rings is 2. The fraction of sp³-hybridized carbons (Fsp3) is 0.120. The van der Waals surface area contributed by atoms with Gasteiger partial charge in [-0.25, -0.2) is 4.98 Å². The van der Waals surface area contributed by atoms with E-state index in [9.17, 15) is 14.4 Å². The highest BCUT2D eigenvalue weighted by Crippen LogP contribution is 2.23. The largest absolute Gasteiger partial charge is 0.438 e. The Bertz CT molecular complexity index is 1330. The van der Waals surface area contributed by atoms with E-state index in [1.807, 2.05) is 0 Å². The van der Waals surface area contributed by atoms with Crippen LogP contribution in [0.2, 0.25) is 0 Å². The first-order valence-electron chi connectivity index (χ1n) is 10.9. The van der Waals surface area contributed by atoms with Crippen molar-refractivity contribution in [1.29, 1.82) is 0 Å². The minimum absolute atomic E-state index is 0.171. The van der Waals surface area contributed by atoms with Crippen LogP contribution >= 0.6 is 0 Å². The lowest BCUT2D eigenvalue weighted by Gasteiger charge is -2.13. The summed E-state index contributed by atoms with van der Waals surface area (Å²) in [6.07, 6.45) is 5.59. The van der Waals surface area contributed by atoms with E-state index in [2.05, 4.69) is 20.5 Å². The highest BCUT2D eigenvalue weighted by Gasteiger charge is 2.34. The summed E-state index contributed by atoms with van der Waals surface area (Å²) in [5, 5.41) is 10.9. The summed E-state index contributed by atoms with van der Waals surface area (Å²) in [7, 11) is 0. The standard InChI is InChI=1S/C25H20N6O4/c32-22(6-3-14-31-24(33)19-4-1-2-5-20(19)25(31)34)27-17-7-9-18(10-8-17)35-23-12-11-21(28-29-23)30-15-13-26-16-30/h1-2,4-5,7-13,15-16H,3,6,14H2,(H,27,32). The van der Waals surface area contributed by atoms with Crippen molar-refractivity contribution in [2.75, 3.05) is 11.9 Å². The van der Waals surface area contributed by atoms with Gasteiger partial charge in [-0.1, -0.05) is 12.1 Å². The molecule has 0 fully saturated rings. The van der Waals surface area contributed by atoms with Gasteiger partial charge < -0.3 is 10.1 Å². The van der Waals surface area contributed by atoms with E-state index in [4.69, 9.17) is 4.74 Å². The van der Waals surface area contributed by atoms with E-state index in [1.165, 1.54) is 4.90 Å². The molecule has 0 saturated heterocycles. The number of amides is 3. The highest BCUT2D eigenvalue weighted by atomic mass is 16.5. The quantitative estimate of drug-likeness (QED) is 0.393. The average Bonchev–Trinajstić information content (AvgIpc) is 3.50. The molecule has 35 heavy (non-hydrogen) atoms. The lowest BCUT2D eigenvalue weighted by molar-refractivity contribution is -0.116. The number of nitrogens with zero attached hydrogens (tertiary/aromatic N) is 5. The zero-order valence-corrected chi connectivity index (χ0v) is 18.5. The summed E-state index contributed by atoms with van der Waals surface area (Å²) in [5.74, 6) is 0.648. The zero-order valence-electron chi connectivity index (χ0n) is 18.5. The topological polar surface area (TPSA) is 119 Å². The fourth-order valence-corrected chi connectivity index (χ4v) is 3.69. The predicted molar refractivity (Wildman–Crippen MR) is 125 cm³/mol. The van der Waals surface area contributed by atoms with E-state index < -0.39 is 0 Å². The summed E-state index contributed by atoms with van der Waals surface area (Å²) < 4.78 is 7.43. The van der Waals surface area contributed by atoms with Crippen LogP contribution in [0.15, 0.2) is 79.4 Å². The lowest BCUT2D eigenvalue weighted by Crippen LogP contribution is -2.31. The number of hydrogen-bond donors (Lipinski definition) is 1. The Hall–Kier alpha value is -4.86. The van der Waals surface area contributed by atoms with Crippen LogP contribution in [0.5, 0.6) is 11.6 Å². The Kier molecular flexibility index (Phi) is 6.00. The lowest BCUT2D eigenvalue weighted by atomic mass is 10.1. The Balaban J connectivity index is 1.09. The van der Waals surface area contributed by atoms with Crippen LogP contribution in [-0.2, 0) is 4.79 Å².